The Morgan fingerprint density at radius 1 is 1.14 bits per heavy atom. The molecule has 2 N–H and O–H groups in total. The number of halogens is 1. The van der Waals surface area contributed by atoms with E-state index in [1.165, 1.54) is 19.3 Å². The third-order valence-corrected chi connectivity index (χ3v) is 6.13. The Bertz CT molecular complexity index is 1010. The van der Waals surface area contributed by atoms with Gasteiger partial charge in [0.2, 0.25) is 0 Å². The van der Waals surface area contributed by atoms with E-state index in [1.807, 2.05) is 12.1 Å². The summed E-state index contributed by atoms with van der Waals surface area (Å²) in [7, 11) is 0. The van der Waals surface area contributed by atoms with Crippen molar-refractivity contribution in [2.24, 2.45) is 5.92 Å². The van der Waals surface area contributed by atoms with Crippen LogP contribution in [0.15, 0.2) is 36.8 Å². The first kappa shape index (κ1) is 20.0. The van der Waals surface area contributed by atoms with Crippen molar-refractivity contribution in [3.8, 4) is 11.1 Å². The Balaban J connectivity index is 1.72. The van der Waals surface area contributed by atoms with Gasteiger partial charge >= 0.3 is 0 Å². The summed E-state index contributed by atoms with van der Waals surface area (Å²) in [5.74, 6) is 1.12. The highest BCUT2D eigenvalue weighted by Gasteiger charge is 2.27. The first-order chi connectivity index (χ1) is 13.9. The minimum atomic E-state index is -1.06. The molecule has 1 atom stereocenters. The molecule has 1 aromatic carbocycles. The molecule has 0 radical (unpaired) electrons. The maximum Gasteiger partial charge on any atom is 0.159 e. The molecule has 2 heterocycles. The Morgan fingerprint density at radius 3 is 2.45 bits per heavy atom. The minimum absolute atomic E-state index is 0.403. The molecule has 3 aromatic rings. The molecule has 1 aliphatic rings. The largest absolute Gasteiger partial charge is 0.382 e. The highest BCUT2D eigenvalue weighted by atomic mass is 35.5. The van der Waals surface area contributed by atoms with Gasteiger partial charge in [-0.3, -0.25) is 4.98 Å². The van der Waals surface area contributed by atoms with Crippen LogP contribution in [0.1, 0.15) is 52.3 Å². The average molecular weight is 411 g/mol. The van der Waals surface area contributed by atoms with Gasteiger partial charge in [0.05, 0.1) is 16.2 Å². The van der Waals surface area contributed by atoms with Gasteiger partial charge in [-0.2, -0.15) is 0 Å². The molecular formula is C23H27ClN4O. The van der Waals surface area contributed by atoms with Gasteiger partial charge in [-0.15, -0.1) is 0 Å². The number of rotatable bonds is 6. The first-order valence-electron chi connectivity index (χ1n) is 10.3. The lowest BCUT2D eigenvalue weighted by atomic mass is 9.78. The van der Waals surface area contributed by atoms with Crippen molar-refractivity contribution in [2.75, 3.05) is 5.32 Å². The predicted octanol–water partition coefficient (Wildman–Crippen LogP) is 5.56. The number of hydrogen-bond donors (Lipinski definition) is 2. The van der Waals surface area contributed by atoms with Crippen molar-refractivity contribution in [3.05, 3.63) is 47.6 Å². The van der Waals surface area contributed by atoms with E-state index in [9.17, 15) is 5.11 Å². The molecule has 0 spiro atoms. The molecule has 6 heteroatoms. The van der Waals surface area contributed by atoms with Crippen LogP contribution in [-0.4, -0.2) is 26.1 Å². The fourth-order valence-electron chi connectivity index (χ4n) is 3.87. The van der Waals surface area contributed by atoms with E-state index < -0.39 is 5.60 Å². The lowest BCUT2D eigenvalue weighted by Crippen LogP contribution is -2.33. The van der Waals surface area contributed by atoms with Crippen LogP contribution in [0.3, 0.4) is 0 Å². The Hall–Kier alpha value is -2.24. The zero-order chi connectivity index (χ0) is 20.6. The topological polar surface area (TPSA) is 70.9 Å². The molecule has 152 valence electrons. The summed E-state index contributed by atoms with van der Waals surface area (Å²) in [5, 5.41) is 15.4. The highest BCUT2D eigenvalue weighted by molar-refractivity contribution is 6.34. The van der Waals surface area contributed by atoms with E-state index >= 15 is 0 Å². The summed E-state index contributed by atoms with van der Waals surface area (Å²) in [4.78, 5) is 13.2. The van der Waals surface area contributed by atoms with Gasteiger partial charge in [-0.25, -0.2) is 9.97 Å². The van der Waals surface area contributed by atoms with E-state index in [0.29, 0.717) is 22.8 Å². The summed E-state index contributed by atoms with van der Waals surface area (Å²) < 4.78 is 0. The molecule has 2 aromatic heterocycles. The molecule has 29 heavy (non-hydrogen) atoms. The summed E-state index contributed by atoms with van der Waals surface area (Å²) in [6.45, 7) is 5.58. The number of aromatic nitrogens is 3. The molecule has 0 bridgehead atoms. The second-order valence-corrected chi connectivity index (χ2v) is 8.82. The van der Waals surface area contributed by atoms with Crippen LogP contribution in [0.2, 0.25) is 5.02 Å². The van der Waals surface area contributed by atoms with Crippen LogP contribution >= 0.6 is 11.6 Å². The van der Waals surface area contributed by atoms with Crippen LogP contribution in [-0.2, 0) is 5.60 Å². The van der Waals surface area contributed by atoms with Gasteiger partial charge in [0.1, 0.15) is 5.60 Å². The third kappa shape index (κ3) is 4.07. The van der Waals surface area contributed by atoms with Crippen molar-refractivity contribution >= 4 is 28.2 Å². The maximum absolute atomic E-state index is 10.1. The van der Waals surface area contributed by atoms with Crippen molar-refractivity contribution in [1.82, 2.24) is 15.0 Å². The second kappa shape index (κ2) is 7.88. The summed E-state index contributed by atoms with van der Waals surface area (Å²) >= 11 is 6.56. The van der Waals surface area contributed by atoms with E-state index in [1.54, 1.807) is 32.4 Å². The number of fused-ring (bicyclic) bond motifs is 1. The Labute approximate surface area is 176 Å². The molecular weight excluding hydrogens is 384 g/mol. The number of pyridine rings is 1. The lowest BCUT2D eigenvalue weighted by Gasteiger charge is -2.34. The molecule has 1 fully saturated rings. The van der Waals surface area contributed by atoms with Gasteiger partial charge in [0.25, 0.3) is 0 Å². The lowest BCUT2D eigenvalue weighted by molar-refractivity contribution is 0.0687. The van der Waals surface area contributed by atoms with Crippen molar-refractivity contribution < 1.29 is 5.11 Å². The fraction of sp³-hybridized carbons (Fsp3) is 0.435. The molecule has 1 unspecified atom stereocenters. The number of nitrogens with one attached hydrogen (secondary N) is 1. The second-order valence-electron chi connectivity index (χ2n) is 8.42. The van der Waals surface area contributed by atoms with Crippen molar-refractivity contribution in [2.45, 2.75) is 58.1 Å². The average Bonchev–Trinajstić information content (AvgIpc) is 2.67. The number of nitrogens with zero attached hydrogens (tertiary/aromatic N) is 3. The van der Waals surface area contributed by atoms with Gasteiger partial charge in [-0.05, 0) is 56.7 Å². The molecule has 4 rings (SSSR count). The number of aliphatic hydroxyl groups is 1. The maximum atomic E-state index is 10.1. The number of anilines is 1. The smallest absolute Gasteiger partial charge is 0.159 e. The van der Waals surface area contributed by atoms with Crippen LogP contribution in [0, 0.1) is 5.92 Å². The predicted molar refractivity (Wildman–Crippen MR) is 118 cm³/mol. The first-order valence-corrected chi connectivity index (χ1v) is 10.6. The van der Waals surface area contributed by atoms with Crippen LogP contribution in [0.5, 0.6) is 0 Å². The highest BCUT2D eigenvalue weighted by Crippen LogP contribution is 2.37. The van der Waals surface area contributed by atoms with E-state index in [2.05, 4.69) is 33.3 Å². The summed E-state index contributed by atoms with van der Waals surface area (Å²) in [6, 6.07) is 6.52. The molecule has 0 amide bonds. The zero-order valence-electron chi connectivity index (χ0n) is 17.1. The zero-order valence-corrected chi connectivity index (χ0v) is 17.9. The van der Waals surface area contributed by atoms with Gasteiger partial charge in [0, 0.05) is 35.6 Å². The Kier molecular flexibility index (Phi) is 5.45. The monoisotopic (exact) mass is 410 g/mol. The Morgan fingerprint density at radius 2 is 1.86 bits per heavy atom. The van der Waals surface area contributed by atoms with Crippen LogP contribution < -0.4 is 5.32 Å². The molecule has 0 saturated heterocycles. The van der Waals surface area contributed by atoms with Crippen molar-refractivity contribution in [3.63, 3.8) is 0 Å². The summed E-state index contributed by atoms with van der Waals surface area (Å²) in [6.07, 6.45) is 10.2. The van der Waals surface area contributed by atoms with Gasteiger partial charge < -0.3 is 10.4 Å². The van der Waals surface area contributed by atoms with Gasteiger partial charge in [-0.1, -0.05) is 31.0 Å². The van der Waals surface area contributed by atoms with Gasteiger partial charge in [0.15, 0.2) is 5.82 Å². The third-order valence-electron chi connectivity index (χ3n) is 5.84. The van der Waals surface area contributed by atoms with E-state index in [4.69, 9.17) is 11.6 Å². The molecule has 1 saturated carbocycles. The van der Waals surface area contributed by atoms with E-state index in [-0.39, 0.29) is 0 Å². The standard InChI is InChI=1S/C23H27ClN4O/c1-4-19(14-6-5-7-14)28-21-17-10-15(8-9-20(17)25-13-18(21)24)16-11-26-22(27-12-16)23(2,3)29/h8-14,19,29H,4-7H2,1-3H3,(H,25,28). The summed E-state index contributed by atoms with van der Waals surface area (Å²) in [5.41, 5.74) is 2.66. The van der Waals surface area contributed by atoms with Crippen LogP contribution in [0.25, 0.3) is 22.0 Å². The SMILES string of the molecule is CCC(Nc1c(Cl)cnc2ccc(-c3cnc(C(C)(C)O)nc3)cc12)C1CCC1. The fourth-order valence-corrected chi connectivity index (χ4v) is 4.07. The quantitative estimate of drug-likeness (QED) is 0.556. The van der Waals surface area contributed by atoms with E-state index in [0.717, 1.165) is 34.1 Å². The normalized spacial score (nSPS) is 15.9. The van der Waals surface area contributed by atoms with Crippen molar-refractivity contribution in [1.29, 1.82) is 0 Å². The minimum Gasteiger partial charge on any atom is -0.382 e. The number of benzene rings is 1. The number of hydrogen-bond acceptors (Lipinski definition) is 5. The van der Waals surface area contributed by atoms with Crippen LogP contribution in [0.4, 0.5) is 5.69 Å². The molecule has 0 aliphatic heterocycles. The molecule has 1 aliphatic carbocycles. The molecule has 5 nitrogen and oxygen atoms in total.